The van der Waals surface area contributed by atoms with Gasteiger partial charge in [0.15, 0.2) is 5.16 Å². The van der Waals surface area contributed by atoms with Gasteiger partial charge in [-0.1, -0.05) is 11.8 Å². The van der Waals surface area contributed by atoms with Crippen LogP contribution < -0.4 is 10.2 Å². The summed E-state index contributed by atoms with van der Waals surface area (Å²) in [4.78, 5) is 11.6. The third-order valence-electron chi connectivity index (χ3n) is 4.01. The van der Waals surface area contributed by atoms with E-state index in [1.807, 2.05) is 6.26 Å². The monoisotopic (exact) mass is 294 g/mol. The number of ether oxygens (including phenoxy) is 1. The van der Waals surface area contributed by atoms with Gasteiger partial charge in [-0.2, -0.15) is 0 Å². The van der Waals surface area contributed by atoms with Gasteiger partial charge in [0.1, 0.15) is 11.6 Å². The molecular weight excluding hydrogens is 272 g/mol. The summed E-state index contributed by atoms with van der Waals surface area (Å²) in [5.74, 6) is 1.96. The maximum atomic E-state index is 5.88. The Morgan fingerprint density at radius 3 is 3.15 bits per heavy atom. The van der Waals surface area contributed by atoms with Crippen molar-refractivity contribution in [2.45, 2.75) is 43.5 Å². The molecule has 1 aliphatic carbocycles. The zero-order valence-corrected chi connectivity index (χ0v) is 12.9. The molecule has 0 bridgehead atoms. The highest BCUT2D eigenvalue weighted by Gasteiger charge is 2.36. The van der Waals surface area contributed by atoms with Crippen LogP contribution in [0.5, 0.6) is 0 Å². The van der Waals surface area contributed by atoms with Gasteiger partial charge in [-0.3, -0.25) is 0 Å². The smallest absolute Gasteiger partial charge is 0.191 e. The van der Waals surface area contributed by atoms with Crippen LogP contribution in [0.4, 0.5) is 11.6 Å². The molecule has 2 aliphatic rings. The summed E-state index contributed by atoms with van der Waals surface area (Å²) in [6.07, 6.45) is 6.06. The quantitative estimate of drug-likeness (QED) is 0.680. The van der Waals surface area contributed by atoms with Gasteiger partial charge < -0.3 is 15.0 Å². The van der Waals surface area contributed by atoms with Crippen molar-refractivity contribution in [3.8, 4) is 0 Å². The van der Waals surface area contributed by atoms with Crippen molar-refractivity contribution in [2.75, 3.05) is 36.2 Å². The summed E-state index contributed by atoms with van der Waals surface area (Å²) < 4.78 is 5.88. The molecule has 0 aromatic carbocycles. The lowest BCUT2D eigenvalue weighted by molar-refractivity contribution is 0.0253. The van der Waals surface area contributed by atoms with Crippen molar-refractivity contribution >= 4 is 23.4 Å². The highest BCUT2D eigenvalue weighted by molar-refractivity contribution is 7.98. The van der Waals surface area contributed by atoms with E-state index in [2.05, 4.69) is 28.2 Å². The minimum Gasteiger partial charge on any atom is -0.374 e. The molecule has 1 N–H and O–H groups in total. The average molecular weight is 294 g/mol. The molecule has 1 saturated heterocycles. The number of anilines is 2. The van der Waals surface area contributed by atoms with Crippen LogP contribution in [0.2, 0.25) is 0 Å². The molecule has 2 fully saturated rings. The normalized spacial score (nSPS) is 25.6. The molecule has 20 heavy (non-hydrogen) atoms. The first-order valence-corrected chi connectivity index (χ1v) is 8.59. The first-order chi connectivity index (χ1) is 9.81. The summed E-state index contributed by atoms with van der Waals surface area (Å²) >= 11 is 1.59. The van der Waals surface area contributed by atoms with Crippen LogP contribution in [0.3, 0.4) is 0 Å². The lowest BCUT2D eigenvalue weighted by Crippen LogP contribution is -2.49. The summed E-state index contributed by atoms with van der Waals surface area (Å²) in [6.45, 7) is 4.69. The zero-order valence-electron chi connectivity index (χ0n) is 12.1. The maximum Gasteiger partial charge on any atom is 0.191 e. The Kier molecular flexibility index (Phi) is 4.31. The molecule has 6 heteroatoms. The molecule has 1 saturated carbocycles. The number of hydrogen-bond donors (Lipinski definition) is 1. The van der Waals surface area contributed by atoms with Crippen LogP contribution in [0.25, 0.3) is 0 Å². The largest absolute Gasteiger partial charge is 0.374 e. The highest BCUT2D eigenvalue weighted by atomic mass is 32.2. The number of aromatic nitrogens is 2. The summed E-state index contributed by atoms with van der Waals surface area (Å²) in [6, 6.07) is 2.56. The van der Waals surface area contributed by atoms with E-state index in [0.29, 0.717) is 12.1 Å². The molecule has 1 aromatic rings. The van der Waals surface area contributed by atoms with Gasteiger partial charge in [0.05, 0.1) is 18.8 Å². The van der Waals surface area contributed by atoms with Gasteiger partial charge in [0, 0.05) is 19.2 Å². The molecule has 0 radical (unpaired) electrons. The fraction of sp³-hybridized carbons (Fsp3) is 0.714. The number of fused-ring (bicyclic) bond motifs is 1. The Hall–Kier alpha value is -1.01. The average Bonchev–Trinajstić information content (AvgIpc) is 2.95. The minimum atomic E-state index is 0.388. The second kappa shape index (κ2) is 6.18. The SMILES string of the molecule is CCNc1cc(N2CCOC3CCCC32)nc(SC)n1. The molecule has 110 valence electrons. The lowest BCUT2D eigenvalue weighted by Gasteiger charge is -2.38. The molecule has 1 aliphatic heterocycles. The van der Waals surface area contributed by atoms with E-state index < -0.39 is 0 Å². The van der Waals surface area contributed by atoms with E-state index in [1.54, 1.807) is 11.8 Å². The van der Waals surface area contributed by atoms with Crippen LogP contribution in [0.15, 0.2) is 11.2 Å². The Labute approximate surface area is 124 Å². The third-order valence-corrected chi connectivity index (χ3v) is 4.56. The molecule has 2 atom stereocenters. The summed E-state index contributed by atoms with van der Waals surface area (Å²) in [7, 11) is 0. The fourth-order valence-electron chi connectivity index (χ4n) is 3.13. The number of hydrogen-bond acceptors (Lipinski definition) is 6. The Morgan fingerprint density at radius 2 is 2.35 bits per heavy atom. The molecule has 1 aromatic heterocycles. The first-order valence-electron chi connectivity index (χ1n) is 7.37. The van der Waals surface area contributed by atoms with Crippen LogP contribution in [-0.2, 0) is 4.74 Å². The van der Waals surface area contributed by atoms with Crippen LogP contribution >= 0.6 is 11.8 Å². The zero-order chi connectivity index (χ0) is 13.9. The van der Waals surface area contributed by atoms with Gasteiger partial charge in [-0.25, -0.2) is 9.97 Å². The van der Waals surface area contributed by atoms with E-state index in [9.17, 15) is 0 Å². The number of morpholine rings is 1. The van der Waals surface area contributed by atoms with Crippen molar-refractivity contribution in [1.29, 1.82) is 0 Å². The van der Waals surface area contributed by atoms with Gasteiger partial charge >= 0.3 is 0 Å². The maximum absolute atomic E-state index is 5.88. The summed E-state index contributed by atoms with van der Waals surface area (Å²) in [5, 5.41) is 4.13. The van der Waals surface area contributed by atoms with E-state index in [1.165, 1.54) is 19.3 Å². The predicted octanol–water partition coefficient (Wildman–Crippen LogP) is 2.39. The highest BCUT2D eigenvalue weighted by Crippen LogP contribution is 2.33. The number of thioether (sulfide) groups is 1. The van der Waals surface area contributed by atoms with Crippen molar-refractivity contribution in [3.05, 3.63) is 6.07 Å². The second-order valence-corrected chi connectivity index (χ2v) is 6.00. The van der Waals surface area contributed by atoms with Gasteiger partial charge in [0.25, 0.3) is 0 Å². The Balaban J connectivity index is 1.89. The van der Waals surface area contributed by atoms with Crippen molar-refractivity contribution < 1.29 is 4.74 Å². The molecular formula is C14H22N4OS. The molecule has 2 unspecified atom stereocenters. The topological polar surface area (TPSA) is 50.3 Å². The van der Waals surface area contributed by atoms with E-state index in [-0.39, 0.29) is 0 Å². The Morgan fingerprint density at radius 1 is 1.45 bits per heavy atom. The van der Waals surface area contributed by atoms with E-state index >= 15 is 0 Å². The molecule has 0 spiro atoms. The van der Waals surface area contributed by atoms with Gasteiger partial charge in [0.2, 0.25) is 0 Å². The Bertz CT molecular complexity index is 470. The fourth-order valence-corrected chi connectivity index (χ4v) is 3.51. The van der Waals surface area contributed by atoms with Crippen molar-refractivity contribution in [2.24, 2.45) is 0 Å². The minimum absolute atomic E-state index is 0.388. The van der Waals surface area contributed by atoms with Gasteiger partial charge in [-0.05, 0) is 32.4 Å². The summed E-state index contributed by atoms with van der Waals surface area (Å²) in [5.41, 5.74) is 0. The molecule has 2 heterocycles. The van der Waals surface area contributed by atoms with Crippen molar-refractivity contribution in [1.82, 2.24) is 9.97 Å². The first kappa shape index (κ1) is 13.9. The van der Waals surface area contributed by atoms with Crippen molar-refractivity contribution in [3.63, 3.8) is 0 Å². The second-order valence-electron chi connectivity index (χ2n) is 5.23. The van der Waals surface area contributed by atoms with E-state index in [4.69, 9.17) is 9.72 Å². The molecule has 3 rings (SSSR count). The standard InChI is InChI=1S/C14H22N4OS/c1-3-15-12-9-13(17-14(16-12)20-2)18-7-8-19-11-6-4-5-10(11)18/h9-11H,3-8H2,1-2H3,(H,15,16,17). The van der Waals surface area contributed by atoms with Crippen LogP contribution in [-0.4, -0.2) is 48.1 Å². The number of rotatable bonds is 4. The molecule has 5 nitrogen and oxygen atoms in total. The predicted molar refractivity (Wildman–Crippen MR) is 82.7 cm³/mol. The van der Waals surface area contributed by atoms with Crippen LogP contribution in [0.1, 0.15) is 26.2 Å². The van der Waals surface area contributed by atoms with Gasteiger partial charge in [-0.15, -0.1) is 0 Å². The third kappa shape index (κ3) is 2.72. The lowest BCUT2D eigenvalue weighted by atomic mass is 10.1. The van der Waals surface area contributed by atoms with Crippen LogP contribution in [0, 0.1) is 0 Å². The molecule has 0 amide bonds. The number of nitrogens with one attached hydrogen (secondary N) is 1. The van der Waals surface area contributed by atoms with E-state index in [0.717, 1.165) is 36.5 Å². The number of nitrogens with zero attached hydrogens (tertiary/aromatic N) is 3.